The summed E-state index contributed by atoms with van der Waals surface area (Å²) >= 11 is 0. The minimum Gasteiger partial charge on any atom is -0.376 e. The molecule has 122 valence electrons. The molecule has 0 radical (unpaired) electrons. The quantitative estimate of drug-likeness (QED) is 0.694. The molecule has 0 aromatic heterocycles. The van der Waals surface area contributed by atoms with Crippen molar-refractivity contribution < 1.29 is 4.79 Å². The molecule has 2 N–H and O–H groups in total. The van der Waals surface area contributed by atoms with Crippen LogP contribution in [0.1, 0.15) is 25.3 Å². The van der Waals surface area contributed by atoms with Crippen molar-refractivity contribution in [3.05, 3.63) is 72.3 Å². The van der Waals surface area contributed by atoms with E-state index < -0.39 is 0 Å². The number of hydrogen-bond acceptors (Lipinski definition) is 2. The van der Waals surface area contributed by atoms with Crippen LogP contribution in [0.4, 0.5) is 11.4 Å². The Kier molecular flexibility index (Phi) is 4.80. The molecule has 3 heteroatoms. The van der Waals surface area contributed by atoms with E-state index in [2.05, 4.69) is 54.8 Å². The van der Waals surface area contributed by atoms with Gasteiger partial charge in [0, 0.05) is 16.8 Å². The van der Waals surface area contributed by atoms with Crippen LogP contribution in [0.5, 0.6) is 0 Å². The Labute approximate surface area is 142 Å². The second-order valence-corrected chi connectivity index (χ2v) is 6.21. The Morgan fingerprint density at radius 2 is 1.62 bits per heavy atom. The summed E-state index contributed by atoms with van der Waals surface area (Å²) in [4.78, 5) is 12.2. The number of amides is 1. The lowest BCUT2D eigenvalue weighted by Gasteiger charge is -2.11. The summed E-state index contributed by atoms with van der Waals surface area (Å²) in [5.74, 6) is 0.433. The maximum Gasteiger partial charge on any atom is 0.243 e. The maximum absolute atomic E-state index is 12.2. The molecule has 3 aromatic rings. The van der Waals surface area contributed by atoms with Crippen molar-refractivity contribution in [3.8, 4) is 0 Å². The third-order valence-electron chi connectivity index (χ3n) is 4.09. The van der Waals surface area contributed by atoms with Crippen LogP contribution in [0.3, 0.4) is 0 Å². The second kappa shape index (κ2) is 7.18. The summed E-state index contributed by atoms with van der Waals surface area (Å²) in [5.41, 5.74) is 3.06. The summed E-state index contributed by atoms with van der Waals surface area (Å²) < 4.78 is 0. The predicted octanol–water partition coefficient (Wildman–Crippen LogP) is 5.01. The molecule has 3 rings (SSSR count). The van der Waals surface area contributed by atoms with Crippen LogP contribution >= 0.6 is 0 Å². The number of nitrogens with one attached hydrogen (secondary N) is 2. The van der Waals surface area contributed by atoms with Gasteiger partial charge in [0.2, 0.25) is 5.91 Å². The first-order valence-electron chi connectivity index (χ1n) is 8.25. The Hall–Kier alpha value is -2.81. The van der Waals surface area contributed by atoms with Crippen LogP contribution in [0.25, 0.3) is 10.8 Å². The van der Waals surface area contributed by atoms with Gasteiger partial charge in [-0.25, -0.2) is 0 Å². The Morgan fingerprint density at radius 1 is 0.917 bits per heavy atom. The number of carbonyl (C=O) groups excluding carboxylic acids is 1. The zero-order valence-electron chi connectivity index (χ0n) is 14.0. The highest BCUT2D eigenvalue weighted by molar-refractivity contribution is 5.97. The molecule has 0 saturated carbocycles. The van der Waals surface area contributed by atoms with E-state index in [1.165, 1.54) is 5.56 Å². The molecule has 0 atom stereocenters. The molecule has 0 aliphatic rings. The van der Waals surface area contributed by atoms with E-state index in [0.717, 1.165) is 22.1 Å². The molecular formula is C21H22N2O. The fourth-order valence-electron chi connectivity index (χ4n) is 2.71. The zero-order valence-corrected chi connectivity index (χ0v) is 14.0. The highest BCUT2D eigenvalue weighted by Gasteiger charge is 2.05. The Bertz CT molecular complexity index is 833. The molecule has 0 unspecified atom stereocenters. The molecule has 0 saturated heterocycles. The number of hydrogen-bond donors (Lipinski definition) is 2. The van der Waals surface area contributed by atoms with Crippen molar-refractivity contribution in [1.82, 2.24) is 0 Å². The zero-order chi connectivity index (χ0) is 16.9. The van der Waals surface area contributed by atoms with E-state index in [1.54, 1.807) is 0 Å². The van der Waals surface area contributed by atoms with Gasteiger partial charge >= 0.3 is 0 Å². The molecule has 0 fully saturated rings. The summed E-state index contributed by atoms with van der Waals surface area (Å²) in [6, 6.07) is 22.2. The molecule has 0 aliphatic heterocycles. The van der Waals surface area contributed by atoms with Gasteiger partial charge < -0.3 is 10.6 Å². The van der Waals surface area contributed by atoms with Gasteiger partial charge in [-0.05, 0) is 35.1 Å². The van der Waals surface area contributed by atoms with E-state index in [9.17, 15) is 4.79 Å². The highest BCUT2D eigenvalue weighted by atomic mass is 16.1. The van der Waals surface area contributed by atoms with Gasteiger partial charge in [0.15, 0.2) is 0 Å². The van der Waals surface area contributed by atoms with Crippen LogP contribution in [-0.2, 0) is 4.79 Å². The molecule has 1 amide bonds. The first-order valence-corrected chi connectivity index (χ1v) is 8.25. The van der Waals surface area contributed by atoms with Gasteiger partial charge in [0.25, 0.3) is 0 Å². The van der Waals surface area contributed by atoms with Gasteiger partial charge in [-0.1, -0.05) is 62.4 Å². The van der Waals surface area contributed by atoms with E-state index in [0.29, 0.717) is 5.92 Å². The Morgan fingerprint density at radius 3 is 2.38 bits per heavy atom. The van der Waals surface area contributed by atoms with Gasteiger partial charge in [-0.2, -0.15) is 0 Å². The fraction of sp³-hybridized carbons (Fsp3) is 0.190. The predicted molar refractivity (Wildman–Crippen MR) is 102 cm³/mol. The average molecular weight is 318 g/mol. The van der Waals surface area contributed by atoms with Gasteiger partial charge in [-0.15, -0.1) is 0 Å². The van der Waals surface area contributed by atoms with Crippen molar-refractivity contribution in [3.63, 3.8) is 0 Å². The molecule has 0 spiro atoms. The summed E-state index contributed by atoms with van der Waals surface area (Å²) in [6.45, 7) is 4.54. The van der Waals surface area contributed by atoms with Gasteiger partial charge in [-0.3, -0.25) is 4.79 Å². The van der Waals surface area contributed by atoms with E-state index in [-0.39, 0.29) is 12.5 Å². The lowest BCUT2D eigenvalue weighted by atomic mass is 10.0. The van der Waals surface area contributed by atoms with Gasteiger partial charge in [0.05, 0.1) is 6.54 Å². The first kappa shape index (κ1) is 16.1. The monoisotopic (exact) mass is 318 g/mol. The summed E-state index contributed by atoms with van der Waals surface area (Å²) in [5, 5.41) is 8.43. The fourth-order valence-corrected chi connectivity index (χ4v) is 2.71. The van der Waals surface area contributed by atoms with E-state index in [4.69, 9.17) is 0 Å². The molecular weight excluding hydrogens is 296 g/mol. The molecule has 0 bridgehead atoms. The average Bonchev–Trinajstić information content (AvgIpc) is 2.60. The third kappa shape index (κ3) is 3.74. The number of carbonyl (C=O) groups is 1. The summed E-state index contributed by atoms with van der Waals surface area (Å²) in [6.07, 6.45) is 0. The largest absolute Gasteiger partial charge is 0.376 e. The van der Waals surface area contributed by atoms with Crippen molar-refractivity contribution in [1.29, 1.82) is 0 Å². The van der Waals surface area contributed by atoms with Crippen molar-refractivity contribution in [2.45, 2.75) is 19.8 Å². The molecule has 0 heterocycles. The van der Waals surface area contributed by atoms with Crippen LogP contribution in [-0.4, -0.2) is 12.5 Å². The first-order chi connectivity index (χ1) is 11.6. The van der Waals surface area contributed by atoms with Crippen LogP contribution in [0.2, 0.25) is 0 Å². The molecule has 0 aliphatic carbocycles. The van der Waals surface area contributed by atoms with Crippen molar-refractivity contribution in [2.75, 3.05) is 17.2 Å². The molecule has 24 heavy (non-hydrogen) atoms. The lowest BCUT2D eigenvalue weighted by molar-refractivity contribution is -0.114. The van der Waals surface area contributed by atoms with Crippen LogP contribution in [0.15, 0.2) is 66.7 Å². The second-order valence-electron chi connectivity index (χ2n) is 6.21. The topological polar surface area (TPSA) is 41.1 Å². The number of rotatable bonds is 5. The van der Waals surface area contributed by atoms with Crippen LogP contribution < -0.4 is 10.6 Å². The molecule has 3 nitrogen and oxygen atoms in total. The normalized spacial score (nSPS) is 10.8. The molecule has 3 aromatic carbocycles. The van der Waals surface area contributed by atoms with Gasteiger partial charge in [0.1, 0.15) is 0 Å². The maximum atomic E-state index is 12.2. The lowest BCUT2D eigenvalue weighted by Crippen LogP contribution is -2.21. The van der Waals surface area contributed by atoms with E-state index in [1.807, 2.05) is 36.4 Å². The van der Waals surface area contributed by atoms with Crippen molar-refractivity contribution >= 4 is 28.1 Å². The van der Waals surface area contributed by atoms with E-state index >= 15 is 0 Å². The number of fused-ring (bicyclic) bond motifs is 1. The third-order valence-corrected chi connectivity index (χ3v) is 4.09. The number of anilines is 2. The summed E-state index contributed by atoms with van der Waals surface area (Å²) in [7, 11) is 0. The standard InChI is InChI=1S/C21H22N2O/c1-15(2)16-10-12-18(13-11-16)23-21(24)14-22-20-9-5-7-17-6-3-4-8-19(17)20/h3-13,15,22H,14H2,1-2H3,(H,23,24). The SMILES string of the molecule is CC(C)c1ccc(NC(=O)CNc2cccc3ccccc23)cc1. The smallest absolute Gasteiger partial charge is 0.243 e. The minimum absolute atomic E-state index is 0.0553. The van der Waals surface area contributed by atoms with Crippen molar-refractivity contribution in [2.24, 2.45) is 0 Å². The number of benzene rings is 3. The Balaban J connectivity index is 1.63. The highest BCUT2D eigenvalue weighted by Crippen LogP contribution is 2.22. The minimum atomic E-state index is -0.0553. The van der Waals surface area contributed by atoms with Crippen LogP contribution in [0, 0.1) is 0 Å².